The first-order chi connectivity index (χ1) is 9.15. The first kappa shape index (κ1) is 13.0. The summed E-state index contributed by atoms with van der Waals surface area (Å²) in [7, 11) is 0. The monoisotopic (exact) mass is 260 g/mol. The Hall–Kier alpha value is -2.43. The number of anilines is 1. The molecule has 0 radical (unpaired) electrons. The van der Waals surface area contributed by atoms with Crippen molar-refractivity contribution in [3.63, 3.8) is 0 Å². The van der Waals surface area contributed by atoms with Crippen molar-refractivity contribution in [3.8, 4) is 0 Å². The SMILES string of the molecule is Nc1cc(F)cc(C(=O)OCCc2cccnc2)c1. The normalized spacial score (nSPS) is 10.2. The molecule has 0 unspecified atom stereocenters. The van der Waals surface area contributed by atoms with Crippen molar-refractivity contribution in [2.24, 2.45) is 0 Å². The number of nitrogens with two attached hydrogens (primary N) is 1. The molecular formula is C14H13FN2O2. The number of hydrogen-bond donors (Lipinski definition) is 1. The van der Waals surface area contributed by atoms with Crippen LogP contribution < -0.4 is 5.73 Å². The predicted molar refractivity (Wildman–Crippen MR) is 69.0 cm³/mol. The molecule has 0 bridgehead atoms. The maximum Gasteiger partial charge on any atom is 0.338 e. The Morgan fingerprint density at radius 2 is 2.21 bits per heavy atom. The van der Waals surface area contributed by atoms with Gasteiger partial charge < -0.3 is 10.5 Å². The predicted octanol–water partition coefficient (Wildman–Crippen LogP) is 2.20. The zero-order chi connectivity index (χ0) is 13.7. The summed E-state index contributed by atoms with van der Waals surface area (Å²) in [5.41, 5.74) is 6.74. The summed E-state index contributed by atoms with van der Waals surface area (Å²) < 4.78 is 18.1. The third-order valence-corrected chi connectivity index (χ3v) is 2.50. The number of benzene rings is 1. The Bertz CT molecular complexity index is 553. The first-order valence-electron chi connectivity index (χ1n) is 5.77. The van der Waals surface area contributed by atoms with Gasteiger partial charge in [-0.15, -0.1) is 0 Å². The van der Waals surface area contributed by atoms with E-state index in [0.717, 1.165) is 17.7 Å². The molecule has 2 N–H and O–H groups in total. The number of nitrogens with zero attached hydrogens (tertiary/aromatic N) is 1. The highest BCUT2D eigenvalue weighted by Crippen LogP contribution is 2.12. The smallest absolute Gasteiger partial charge is 0.338 e. The molecule has 0 fully saturated rings. The van der Waals surface area contributed by atoms with E-state index in [1.54, 1.807) is 12.4 Å². The minimum atomic E-state index is -0.588. The molecular weight excluding hydrogens is 247 g/mol. The van der Waals surface area contributed by atoms with E-state index in [0.29, 0.717) is 6.42 Å². The lowest BCUT2D eigenvalue weighted by Crippen LogP contribution is -2.09. The lowest BCUT2D eigenvalue weighted by molar-refractivity contribution is 0.0508. The summed E-state index contributed by atoms with van der Waals surface area (Å²) in [5, 5.41) is 0. The van der Waals surface area contributed by atoms with Gasteiger partial charge in [0.15, 0.2) is 0 Å². The van der Waals surface area contributed by atoms with Gasteiger partial charge in [-0.25, -0.2) is 9.18 Å². The second kappa shape index (κ2) is 5.95. The topological polar surface area (TPSA) is 65.2 Å². The minimum absolute atomic E-state index is 0.115. The second-order valence-corrected chi connectivity index (χ2v) is 4.02. The number of pyridine rings is 1. The molecule has 0 aliphatic rings. The number of rotatable bonds is 4. The number of aromatic nitrogens is 1. The van der Waals surface area contributed by atoms with Gasteiger partial charge in [0, 0.05) is 24.5 Å². The highest BCUT2D eigenvalue weighted by atomic mass is 19.1. The number of esters is 1. The number of carbonyl (C=O) groups excluding carboxylic acids is 1. The Kier molecular flexibility index (Phi) is 4.07. The number of ether oxygens (including phenoxy) is 1. The first-order valence-corrected chi connectivity index (χ1v) is 5.77. The van der Waals surface area contributed by atoms with E-state index in [2.05, 4.69) is 4.98 Å². The molecule has 0 saturated heterocycles. The quantitative estimate of drug-likeness (QED) is 0.676. The third-order valence-electron chi connectivity index (χ3n) is 2.50. The van der Waals surface area contributed by atoms with Crippen molar-refractivity contribution in [3.05, 3.63) is 59.7 Å². The highest BCUT2D eigenvalue weighted by molar-refractivity contribution is 5.90. The average Bonchev–Trinajstić information content (AvgIpc) is 2.38. The molecule has 0 spiro atoms. The minimum Gasteiger partial charge on any atom is -0.462 e. The molecule has 0 saturated carbocycles. The van der Waals surface area contributed by atoms with Gasteiger partial charge in [0.2, 0.25) is 0 Å². The summed E-state index contributed by atoms with van der Waals surface area (Å²) in [4.78, 5) is 15.6. The highest BCUT2D eigenvalue weighted by Gasteiger charge is 2.09. The summed E-state index contributed by atoms with van der Waals surface area (Å²) in [6.45, 7) is 0.209. The van der Waals surface area contributed by atoms with Gasteiger partial charge in [-0.2, -0.15) is 0 Å². The number of carbonyl (C=O) groups is 1. The van der Waals surface area contributed by atoms with Crippen molar-refractivity contribution in [1.29, 1.82) is 0 Å². The van der Waals surface area contributed by atoms with Gasteiger partial charge >= 0.3 is 5.97 Å². The summed E-state index contributed by atoms with van der Waals surface area (Å²) >= 11 is 0. The molecule has 0 amide bonds. The molecule has 1 heterocycles. The fraction of sp³-hybridized carbons (Fsp3) is 0.143. The van der Waals surface area contributed by atoms with Gasteiger partial charge in [0.25, 0.3) is 0 Å². The maximum atomic E-state index is 13.1. The lowest BCUT2D eigenvalue weighted by Gasteiger charge is -2.05. The Morgan fingerprint density at radius 3 is 2.89 bits per heavy atom. The van der Waals surface area contributed by atoms with E-state index in [9.17, 15) is 9.18 Å². The van der Waals surface area contributed by atoms with Crippen LogP contribution in [0.1, 0.15) is 15.9 Å². The fourth-order valence-electron chi connectivity index (χ4n) is 1.62. The van der Waals surface area contributed by atoms with Gasteiger partial charge in [-0.3, -0.25) is 4.98 Å². The zero-order valence-electron chi connectivity index (χ0n) is 10.2. The van der Waals surface area contributed by atoms with Crippen LogP contribution >= 0.6 is 0 Å². The number of hydrogen-bond acceptors (Lipinski definition) is 4. The summed E-state index contributed by atoms with van der Waals surface area (Å²) in [6, 6.07) is 7.33. The van der Waals surface area contributed by atoms with Crippen LogP contribution in [-0.4, -0.2) is 17.6 Å². The molecule has 0 atom stereocenters. The van der Waals surface area contributed by atoms with Gasteiger partial charge in [-0.05, 0) is 29.8 Å². The van der Waals surface area contributed by atoms with Crippen LogP contribution in [0.3, 0.4) is 0 Å². The van der Waals surface area contributed by atoms with Crippen LogP contribution in [0.2, 0.25) is 0 Å². The maximum absolute atomic E-state index is 13.1. The van der Waals surface area contributed by atoms with Crippen LogP contribution in [0.15, 0.2) is 42.7 Å². The van der Waals surface area contributed by atoms with Crippen LogP contribution in [0.25, 0.3) is 0 Å². The molecule has 4 nitrogen and oxygen atoms in total. The Labute approximate surface area is 110 Å². The Morgan fingerprint density at radius 1 is 1.37 bits per heavy atom. The molecule has 2 rings (SSSR count). The molecule has 1 aromatic heterocycles. The molecule has 19 heavy (non-hydrogen) atoms. The van der Waals surface area contributed by atoms with E-state index < -0.39 is 11.8 Å². The zero-order valence-corrected chi connectivity index (χ0v) is 10.2. The van der Waals surface area contributed by atoms with Crippen molar-refractivity contribution < 1.29 is 13.9 Å². The molecule has 5 heteroatoms. The molecule has 0 aliphatic carbocycles. The van der Waals surface area contributed by atoms with Gasteiger partial charge in [0.05, 0.1) is 12.2 Å². The Balaban J connectivity index is 1.91. The van der Waals surface area contributed by atoms with Crippen LogP contribution in [0.4, 0.5) is 10.1 Å². The van der Waals surface area contributed by atoms with Crippen molar-refractivity contribution in [2.75, 3.05) is 12.3 Å². The third kappa shape index (κ3) is 3.77. The number of nitrogen functional groups attached to an aromatic ring is 1. The average molecular weight is 260 g/mol. The van der Waals surface area contributed by atoms with Crippen LogP contribution in [0.5, 0.6) is 0 Å². The van der Waals surface area contributed by atoms with Crippen molar-refractivity contribution >= 4 is 11.7 Å². The molecule has 2 aromatic rings. The molecule has 0 aliphatic heterocycles. The van der Waals surface area contributed by atoms with E-state index in [1.807, 2.05) is 12.1 Å². The van der Waals surface area contributed by atoms with E-state index in [4.69, 9.17) is 10.5 Å². The summed E-state index contributed by atoms with van der Waals surface area (Å²) in [5.74, 6) is -1.14. The van der Waals surface area contributed by atoms with E-state index >= 15 is 0 Å². The van der Waals surface area contributed by atoms with Gasteiger partial charge in [0.1, 0.15) is 5.82 Å². The number of halogens is 1. The van der Waals surface area contributed by atoms with Crippen molar-refractivity contribution in [1.82, 2.24) is 4.98 Å². The molecule has 98 valence electrons. The lowest BCUT2D eigenvalue weighted by atomic mass is 10.2. The molecule has 1 aromatic carbocycles. The van der Waals surface area contributed by atoms with E-state index in [1.165, 1.54) is 6.07 Å². The van der Waals surface area contributed by atoms with E-state index in [-0.39, 0.29) is 17.9 Å². The van der Waals surface area contributed by atoms with Crippen LogP contribution in [-0.2, 0) is 11.2 Å². The van der Waals surface area contributed by atoms with Crippen molar-refractivity contribution in [2.45, 2.75) is 6.42 Å². The summed E-state index contributed by atoms with van der Waals surface area (Å²) in [6.07, 6.45) is 3.93. The largest absolute Gasteiger partial charge is 0.462 e. The fourth-order valence-corrected chi connectivity index (χ4v) is 1.62. The van der Waals surface area contributed by atoms with Crippen LogP contribution in [0, 0.1) is 5.82 Å². The van der Waals surface area contributed by atoms with Gasteiger partial charge in [-0.1, -0.05) is 6.07 Å². The standard InChI is InChI=1S/C14H13FN2O2/c15-12-6-11(7-13(16)8-12)14(18)19-5-3-10-2-1-4-17-9-10/h1-2,4,6-9H,3,5,16H2. The second-order valence-electron chi connectivity index (χ2n) is 4.02.